The van der Waals surface area contributed by atoms with Gasteiger partial charge in [-0.1, -0.05) is 42.5 Å². The molecule has 0 saturated carbocycles. The van der Waals surface area contributed by atoms with E-state index in [9.17, 15) is 14.9 Å². The molecule has 5 nitrogen and oxygen atoms in total. The molecule has 2 aromatic rings. The Hall–Kier alpha value is -2.69. The number of β-lactam (4-membered cyclic amide) rings is 1. The van der Waals surface area contributed by atoms with Gasteiger partial charge in [0.25, 0.3) is 5.69 Å². The zero-order valence-electron chi connectivity index (χ0n) is 11.3. The molecular formula is C16H14N2O3. The van der Waals surface area contributed by atoms with Gasteiger partial charge in [-0.15, -0.1) is 0 Å². The highest BCUT2D eigenvalue weighted by molar-refractivity contribution is 5.83. The first-order chi connectivity index (χ1) is 10.1. The largest absolute Gasteiger partial charge is 0.331 e. The van der Waals surface area contributed by atoms with Crippen molar-refractivity contribution < 1.29 is 9.72 Å². The second-order valence-corrected chi connectivity index (χ2v) is 5.08. The third kappa shape index (κ3) is 2.63. The number of nitrogens with zero attached hydrogens (tertiary/aromatic N) is 2. The number of amides is 1. The maximum atomic E-state index is 11.8. The van der Waals surface area contributed by atoms with Crippen molar-refractivity contribution in [1.29, 1.82) is 0 Å². The third-order valence-corrected chi connectivity index (χ3v) is 3.75. The van der Waals surface area contributed by atoms with E-state index in [4.69, 9.17) is 0 Å². The highest BCUT2D eigenvalue weighted by Crippen LogP contribution is 2.35. The van der Waals surface area contributed by atoms with Crippen LogP contribution >= 0.6 is 0 Å². The molecule has 0 aliphatic carbocycles. The lowest BCUT2D eigenvalue weighted by Gasteiger charge is -2.41. The van der Waals surface area contributed by atoms with Crippen LogP contribution in [0.3, 0.4) is 0 Å². The van der Waals surface area contributed by atoms with Crippen molar-refractivity contribution in [3.8, 4) is 0 Å². The van der Waals surface area contributed by atoms with Crippen molar-refractivity contribution >= 4 is 11.6 Å². The number of nitro groups is 1. The number of non-ortho nitro benzene ring substituents is 1. The van der Waals surface area contributed by atoms with Gasteiger partial charge in [0.15, 0.2) is 0 Å². The molecule has 1 aliphatic rings. The number of benzene rings is 2. The molecule has 0 aromatic heterocycles. The quantitative estimate of drug-likeness (QED) is 0.492. The van der Waals surface area contributed by atoms with Gasteiger partial charge >= 0.3 is 0 Å². The molecule has 0 N–H and O–H groups in total. The van der Waals surface area contributed by atoms with E-state index in [0.29, 0.717) is 13.0 Å². The van der Waals surface area contributed by atoms with Crippen molar-refractivity contribution in [2.45, 2.75) is 19.0 Å². The van der Waals surface area contributed by atoms with Gasteiger partial charge in [0, 0.05) is 18.7 Å². The number of likely N-dealkylation sites (tertiary alicyclic amines) is 1. The van der Waals surface area contributed by atoms with Gasteiger partial charge in [0.1, 0.15) is 0 Å². The summed E-state index contributed by atoms with van der Waals surface area (Å²) in [6, 6.07) is 16.3. The van der Waals surface area contributed by atoms with Crippen molar-refractivity contribution in [3.05, 3.63) is 75.8 Å². The van der Waals surface area contributed by atoms with Gasteiger partial charge in [-0.3, -0.25) is 14.9 Å². The van der Waals surface area contributed by atoms with E-state index >= 15 is 0 Å². The topological polar surface area (TPSA) is 63.5 Å². The predicted molar refractivity (Wildman–Crippen MR) is 77.4 cm³/mol. The maximum Gasteiger partial charge on any atom is 0.269 e. The number of carbonyl (C=O) groups is 1. The van der Waals surface area contributed by atoms with Crippen LogP contribution in [-0.2, 0) is 11.3 Å². The van der Waals surface area contributed by atoms with Gasteiger partial charge in [-0.25, -0.2) is 0 Å². The van der Waals surface area contributed by atoms with Crippen molar-refractivity contribution in [2.24, 2.45) is 0 Å². The van der Waals surface area contributed by atoms with E-state index < -0.39 is 4.92 Å². The molecule has 0 radical (unpaired) electrons. The lowest BCUT2D eigenvalue weighted by molar-refractivity contribution is -0.384. The van der Waals surface area contributed by atoms with E-state index in [1.807, 2.05) is 30.3 Å². The minimum Gasteiger partial charge on any atom is -0.331 e. The fourth-order valence-electron chi connectivity index (χ4n) is 2.55. The molecule has 1 fully saturated rings. The first-order valence-electron chi connectivity index (χ1n) is 6.73. The van der Waals surface area contributed by atoms with Crippen LogP contribution in [0.25, 0.3) is 0 Å². The minimum atomic E-state index is -0.425. The average molecular weight is 282 g/mol. The molecule has 1 amide bonds. The number of nitro benzene ring substituents is 1. The van der Waals surface area contributed by atoms with Crippen LogP contribution in [0.2, 0.25) is 0 Å². The molecule has 0 spiro atoms. The van der Waals surface area contributed by atoms with Crippen LogP contribution < -0.4 is 0 Å². The Kier molecular flexibility index (Phi) is 3.39. The Morgan fingerprint density at radius 1 is 1.10 bits per heavy atom. The van der Waals surface area contributed by atoms with Crippen molar-refractivity contribution in [3.63, 3.8) is 0 Å². The summed E-state index contributed by atoms with van der Waals surface area (Å²) in [5, 5.41) is 10.6. The van der Waals surface area contributed by atoms with Crippen LogP contribution in [0.15, 0.2) is 54.6 Å². The SMILES string of the molecule is O=C1CC(c2ccccc2)N1Cc1ccc([N+](=O)[O-])cc1. The number of hydrogen-bond donors (Lipinski definition) is 0. The Bertz CT molecular complexity index is 668. The zero-order chi connectivity index (χ0) is 14.8. The van der Waals surface area contributed by atoms with E-state index in [1.165, 1.54) is 12.1 Å². The molecule has 3 rings (SSSR count). The third-order valence-electron chi connectivity index (χ3n) is 3.75. The standard InChI is InChI=1S/C16H14N2O3/c19-16-10-15(13-4-2-1-3-5-13)17(16)11-12-6-8-14(9-7-12)18(20)21/h1-9,15H,10-11H2. The van der Waals surface area contributed by atoms with Crippen molar-refractivity contribution in [1.82, 2.24) is 4.90 Å². The number of carbonyl (C=O) groups excluding carboxylic acids is 1. The van der Waals surface area contributed by atoms with Gasteiger partial charge in [-0.05, 0) is 11.1 Å². The first kappa shape index (κ1) is 13.3. The fourth-order valence-corrected chi connectivity index (χ4v) is 2.55. The molecule has 1 unspecified atom stereocenters. The highest BCUT2D eigenvalue weighted by atomic mass is 16.6. The molecular weight excluding hydrogens is 268 g/mol. The predicted octanol–water partition coefficient (Wildman–Crippen LogP) is 3.07. The molecule has 1 saturated heterocycles. The maximum absolute atomic E-state index is 11.8. The van der Waals surface area contributed by atoms with Gasteiger partial charge in [0.05, 0.1) is 17.4 Å². The summed E-state index contributed by atoms with van der Waals surface area (Å²) in [4.78, 5) is 23.8. The van der Waals surface area contributed by atoms with E-state index in [1.54, 1.807) is 17.0 Å². The minimum absolute atomic E-state index is 0.0632. The number of hydrogen-bond acceptors (Lipinski definition) is 3. The summed E-state index contributed by atoms with van der Waals surface area (Å²) in [6.07, 6.45) is 0.525. The normalized spacial score (nSPS) is 17.4. The second-order valence-electron chi connectivity index (χ2n) is 5.08. The monoisotopic (exact) mass is 282 g/mol. The molecule has 0 bridgehead atoms. The lowest BCUT2D eigenvalue weighted by Crippen LogP contribution is -2.45. The Labute approximate surface area is 122 Å². The zero-order valence-corrected chi connectivity index (χ0v) is 11.3. The van der Waals surface area contributed by atoms with Crippen LogP contribution in [0.1, 0.15) is 23.6 Å². The molecule has 21 heavy (non-hydrogen) atoms. The summed E-state index contributed by atoms with van der Waals surface area (Å²) in [5.74, 6) is 0.113. The van der Waals surface area contributed by atoms with Crippen LogP contribution in [0, 0.1) is 10.1 Å². The molecule has 1 heterocycles. The lowest BCUT2D eigenvalue weighted by atomic mass is 9.93. The molecule has 1 aliphatic heterocycles. The highest BCUT2D eigenvalue weighted by Gasteiger charge is 2.36. The number of rotatable bonds is 4. The molecule has 5 heteroatoms. The van der Waals surface area contributed by atoms with Crippen molar-refractivity contribution in [2.75, 3.05) is 0 Å². The summed E-state index contributed by atoms with van der Waals surface area (Å²) in [7, 11) is 0. The van der Waals surface area contributed by atoms with E-state index in [2.05, 4.69) is 0 Å². The van der Waals surface area contributed by atoms with E-state index in [-0.39, 0.29) is 17.6 Å². The molecule has 106 valence electrons. The van der Waals surface area contributed by atoms with Crippen LogP contribution in [-0.4, -0.2) is 15.7 Å². The van der Waals surface area contributed by atoms with Gasteiger partial charge in [-0.2, -0.15) is 0 Å². The van der Waals surface area contributed by atoms with Crippen LogP contribution in [0.5, 0.6) is 0 Å². The van der Waals surface area contributed by atoms with Crippen LogP contribution in [0.4, 0.5) is 5.69 Å². The van der Waals surface area contributed by atoms with Gasteiger partial charge in [0.2, 0.25) is 5.91 Å². The smallest absolute Gasteiger partial charge is 0.269 e. The molecule has 1 atom stereocenters. The molecule has 2 aromatic carbocycles. The summed E-state index contributed by atoms with van der Waals surface area (Å²) in [6.45, 7) is 0.483. The Balaban J connectivity index is 1.74. The van der Waals surface area contributed by atoms with Gasteiger partial charge < -0.3 is 4.90 Å². The summed E-state index contributed by atoms with van der Waals surface area (Å²) in [5.41, 5.74) is 2.09. The second kappa shape index (κ2) is 5.36. The Morgan fingerprint density at radius 3 is 2.33 bits per heavy atom. The van der Waals surface area contributed by atoms with E-state index in [0.717, 1.165) is 11.1 Å². The summed E-state index contributed by atoms with van der Waals surface area (Å²) >= 11 is 0. The summed E-state index contributed by atoms with van der Waals surface area (Å²) < 4.78 is 0. The average Bonchev–Trinajstić information content (AvgIpc) is 2.51. The fraction of sp³-hybridized carbons (Fsp3) is 0.188. The first-order valence-corrected chi connectivity index (χ1v) is 6.73. The Morgan fingerprint density at radius 2 is 1.76 bits per heavy atom.